The third-order valence-electron chi connectivity index (χ3n) is 4.01. The Hall–Kier alpha value is -0.770. The Morgan fingerprint density at radius 1 is 1.12 bits per heavy atom. The second-order valence-electron chi connectivity index (χ2n) is 5.25. The van der Waals surface area contributed by atoms with Gasteiger partial charge in [0.2, 0.25) is 0 Å². The summed E-state index contributed by atoms with van der Waals surface area (Å²) in [5, 5.41) is 0. The summed E-state index contributed by atoms with van der Waals surface area (Å²) in [6.07, 6.45) is 8.45. The standard InChI is InChI=1S/C13H25N3O/c14-8-11-16(12-6-2-3-7-12)13(17)15-9-4-1-5-10-15/h12H,1-11,14H2. The van der Waals surface area contributed by atoms with Gasteiger partial charge in [-0.05, 0) is 32.1 Å². The van der Waals surface area contributed by atoms with Crippen LogP contribution in [0.25, 0.3) is 0 Å². The van der Waals surface area contributed by atoms with Crippen LogP contribution < -0.4 is 5.73 Å². The quantitative estimate of drug-likeness (QED) is 0.816. The van der Waals surface area contributed by atoms with Gasteiger partial charge in [0.15, 0.2) is 0 Å². The third-order valence-corrected chi connectivity index (χ3v) is 4.01. The molecular weight excluding hydrogens is 214 g/mol. The maximum atomic E-state index is 12.5. The molecule has 1 saturated carbocycles. The molecule has 1 aliphatic heterocycles. The van der Waals surface area contributed by atoms with Crippen molar-refractivity contribution in [3.63, 3.8) is 0 Å². The number of amides is 2. The summed E-state index contributed by atoms with van der Waals surface area (Å²) in [5.74, 6) is 0. The van der Waals surface area contributed by atoms with Gasteiger partial charge < -0.3 is 15.5 Å². The van der Waals surface area contributed by atoms with Crippen LogP contribution in [0.4, 0.5) is 4.79 Å². The highest BCUT2D eigenvalue weighted by molar-refractivity contribution is 5.75. The van der Waals surface area contributed by atoms with Crippen molar-refractivity contribution in [2.45, 2.75) is 51.0 Å². The van der Waals surface area contributed by atoms with Crippen molar-refractivity contribution in [2.75, 3.05) is 26.2 Å². The molecule has 2 aliphatic rings. The topological polar surface area (TPSA) is 49.6 Å². The van der Waals surface area contributed by atoms with Gasteiger partial charge in [-0.15, -0.1) is 0 Å². The first-order chi connectivity index (χ1) is 8.33. The van der Waals surface area contributed by atoms with Gasteiger partial charge >= 0.3 is 6.03 Å². The lowest BCUT2D eigenvalue weighted by Crippen LogP contribution is -2.50. The van der Waals surface area contributed by atoms with Crippen LogP contribution in [0.1, 0.15) is 44.9 Å². The van der Waals surface area contributed by atoms with Gasteiger partial charge in [0, 0.05) is 32.2 Å². The fraction of sp³-hybridized carbons (Fsp3) is 0.923. The number of nitrogens with two attached hydrogens (primary N) is 1. The first-order valence-corrected chi connectivity index (χ1v) is 7.08. The molecule has 1 aliphatic carbocycles. The third kappa shape index (κ3) is 3.12. The minimum absolute atomic E-state index is 0.238. The number of carbonyl (C=O) groups excluding carboxylic acids is 1. The molecule has 0 aromatic rings. The molecular formula is C13H25N3O. The summed E-state index contributed by atoms with van der Waals surface area (Å²) in [5.41, 5.74) is 5.65. The minimum atomic E-state index is 0.238. The van der Waals surface area contributed by atoms with Crippen molar-refractivity contribution in [2.24, 2.45) is 5.73 Å². The molecule has 2 N–H and O–H groups in total. The molecule has 2 amide bonds. The van der Waals surface area contributed by atoms with E-state index in [1.165, 1.54) is 32.1 Å². The Labute approximate surface area is 104 Å². The normalized spacial score (nSPS) is 21.8. The molecule has 0 unspecified atom stereocenters. The fourth-order valence-electron chi connectivity index (χ4n) is 3.06. The van der Waals surface area contributed by atoms with Crippen LogP contribution in [0.3, 0.4) is 0 Å². The van der Waals surface area contributed by atoms with E-state index < -0.39 is 0 Å². The lowest BCUT2D eigenvalue weighted by Gasteiger charge is -2.36. The SMILES string of the molecule is NCCN(C(=O)N1CCCCC1)C1CCCC1. The molecule has 98 valence electrons. The van der Waals surface area contributed by atoms with Crippen molar-refractivity contribution in [1.82, 2.24) is 9.80 Å². The van der Waals surface area contributed by atoms with E-state index in [-0.39, 0.29) is 6.03 Å². The van der Waals surface area contributed by atoms with E-state index in [4.69, 9.17) is 5.73 Å². The summed E-state index contributed by atoms with van der Waals surface area (Å²) < 4.78 is 0. The lowest BCUT2D eigenvalue weighted by molar-refractivity contribution is 0.127. The number of nitrogens with zero attached hydrogens (tertiary/aromatic N) is 2. The largest absolute Gasteiger partial charge is 0.329 e. The predicted octanol–water partition coefficient (Wildman–Crippen LogP) is 1.80. The highest BCUT2D eigenvalue weighted by Crippen LogP contribution is 2.24. The Bertz CT molecular complexity index is 245. The number of hydrogen-bond donors (Lipinski definition) is 1. The van der Waals surface area contributed by atoms with Crippen molar-refractivity contribution in [1.29, 1.82) is 0 Å². The lowest BCUT2D eigenvalue weighted by atomic mass is 10.1. The molecule has 0 aromatic heterocycles. The average molecular weight is 239 g/mol. The summed E-state index contributed by atoms with van der Waals surface area (Å²) >= 11 is 0. The van der Waals surface area contributed by atoms with Crippen LogP contribution in [-0.2, 0) is 0 Å². The molecule has 2 fully saturated rings. The Morgan fingerprint density at radius 3 is 2.35 bits per heavy atom. The fourth-order valence-corrected chi connectivity index (χ4v) is 3.06. The smallest absolute Gasteiger partial charge is 0.320 e. The molecule has 4 nitrogen and oxygen atoms in total. The number of hydrogen-bond acceptors (Lipinski definition) is 2. The first-order valence-electron chi connectivity index (χ1n) is 7.08. The Kier molecular flexibility index (Phi) is 4.66. The number of urea groups is 1. The van der Waals surface area contributed by atoms with E-state index in [2.05, 4.69) is 0 Å². The van der Waals surface area contributed by atoms with Gasteiger partial charge in [0.1, 0.15) is 0 Å². The van der Waals surface area contributed by atoms with Gasteiger partial charge in [-0.2, -0.15) is 0 Å². The number of likely N-dealkylation sites (tertiary alicyclic amines) is 1. The van der Waals surface area contributed by atoms with Crippen LogP contribution in [0.2, 0.25) is 0 Å². The second-order valence-corrected chi connectivity index (χ2v) is 5.25. The predicted molar refractivity (Wildman–Crippen MR) is 68.8 cm³/mol. The molecule has 0 atom stereocenters. The average Bonchev–Trinajstić information content (AvgIpc) is 2.90. The maximum Gasteiger partial charge on any atom is 0.320 e. The van der Waals surface area contributed by atoms with E-state index in [9.17, 15) is 4.79 Å². The van der Waals surface area contributed by atoms with Gasteiger partial charge in [0.25, 0.3) is 0 Å². The van der Waals surface area contributed by atoms with Gasteiger partial charge in [-0.1, -0.05) is 12.8 Å². The van der Waals surface area contributed by atoms with Crippen LogP contribution in [-0.4, -0.2) is 48.1 Å². The molecule has 0 bridgehead atoms. The molecule has 0 aromatic carbocycles. The number of carbonyl (C=O) groups is 1. The minimum Gasteiger partial charge on any atom is -0.329 e. The van der Waals surface area contributed by atoms with Crippen molar-refractivity contribution < 1.29 is 4.79 Å². The maximum absolute atomic E-state index is 12.5. The van der Waals surface area contributed by atoms with E-state index >= 15 is 0 Å². The van der Waals surface area contributed by atoms with E-state index in [1.54, 1.807) is 0 Å². The van der Waals surface area contributed by atoms with Crippen molar-refractivity contribution >= 4 is 6.03 Å². The van der Waals surface area contributed by atoms with Crippen LogP contribution >= 0.6 is 0 Å². The zero-order chi connectivity index (χ0) is 12.1. The van der Waals surface area contributed by atoms with E-state index in [0.717, 1.165) is 32.5 Å². The number of piperidine rings is 1. The van der Waals surface area contributed by atoms with E-state index in [0.29, 0.717) is 12.6 Å². The monoisotopic (exact) mass is 239 g/mol. The molecule has 0 radical (unpaired) electrons. The van der Waals surface area contributed by atoms with Gasteiger partial charge in [-0.3, -0.25) is 0 Å². The molecule has 2 rings (SSSR count). The highest BCUT2D eigenvalue weighted by atomic mass is 16.2. The summed E-state index contributed by atoms with van der Waals surface area (Å²) in [6.45, 7) is 3.18. The van der Waals surface area contributed by atoms with Gasteiger partial charge in [-0.25, -0.2) is 4.79 Å². The summed E-state index contributed by atoms with van der Waals surface area (Å²) in [4.78, 5) is 16.5. The van der Waals surface area contributed by atoms with Gasteiger partial charge in [0.05, 0.1) is 0 Å². The Morgan fingerprint density at radius 2 is 1.76 bits per heavy atom. The highest BCUT2D eigenvalue weighted by Gasteiger charge is 2.29. The first kappa shape index (κ1) is 12.7. The van der Waals surface area contributed by atoms with E-state index in [1.807, 2.05) is 9.80 Å². The summed E-state index contributed by atoms with van der Waals surface area (Å²) in [6, 6.07) is 0.690. The van der Waals surface area contributed by atoms with Crippen LogP contribution in [0.15, 0.2) is 0 Å². The zero-order valence-corrected chi connectivity index (χ0v) is 10.7. The Balaban J connectivity index is 1.95. The van der Waals surface area contributed by atoms with Crippen molar-refractivity contribution in [3.05, 3.63) is 0 Å². The molecule has 1 saturated heterocycles. The molecule has 0 spiro atoms. The van der Waals surface area contributed by atoms with Crippen molar-refractivity contribution in [3.8, 4) is 0 Å². The molecule has 1 heterocycles. The summed E-state index contributed by atoms with van der Waals surface area (Å²) in [7, 11) is 0. The molecule has 17 heavy (non-hydrogen) atoms. The second kappa shape index (κ2) is 6.24. The van der Waals surface area contributed by atoms with Crippen LogP contribution in [0.5, 0.6) is 0 Å². The van der Waals surface area contributed by atoms with Crippen LogP contribution in [0, 0.1) is 0 Å². The number of rotatable bonds is 3. The zero-order valence-electron chi connectivity index (χ0n) is 10.7. The molecule has 4 heteroatoms.